The van der Waals surface area contributed by atoms with Crippen molar-refractivity contribution in [3.63, 3.8) is 0 Å². The van der Waals surface area contributed by atoms with Crippen LogP contribution in [0, 0.1) is 6.92 Å². The van der Waals surface area contributed by atoms with Crippen molar-refractivity contribution in [3.8, 4) is 5.75 Å². The predicted molar refractivity (Wildman–Crippen MR) is 128 cm³/mol. The molecule has 0 saturated carbocycles. The standard InChI is InChI=1S/C25H21F3N4O4/c1-16-5-2-3-8-21(16)31-22(33)15-36-20-11-9-17(10-12-20)14-29-32-24(35)23(34)30-19-7-4-6-18(13-19)25(26,27)28/h2-14H,15H2,1H3,(H,30,34)(H,31,33)(H,32,35)/b29-14-. The van der Waals surface area contributed by atoms with E-state index in [4.69, 9.17) is 4.74 Å². The smallest absolute Gasteiger partial charge is 0.416 e. The summed E-state index contributed by atoms with van der Waals surface area (Å²) in [6.45, 7) is 1.68. The molecule has 36 heavy (non-hydrogen) atoms. The van der Waals surface area contributed by atoms with E-state index in [0.717, 1.165) is 17.7 Å². The van der Waals surface area contributed by atoms with E-state index < -0.39 is 23.6 Å². The SMILES string of the molecule is Cc1ccccc1NC(=O)COc1ccc(/C=N\NC(=O)C(=O)Nc2cccc(C(F)(F)F)c2)cc1. The summed E-state index contributed by atoms with van der Waals surface area (Å²) in [6, 6.07) is 17.6. The molecule has 0 atom stereocenters. The van der Waals surface area contributed by atoms with Gasteiger partial charge in [0.1, 0.15) is 5.75 Å². The second-order valence-corrected chi connectivity index (χ2v) is 7.45. The number of hydrogen-bond donors (Lipinski definition) is 3. The number of nitrogens with one attached hydrogen (secondary N) is 3. The zero-order valence-corrected chi connectivity index (χ0v) is 18.9. The number of hydrogen-bond acceptors (Lipinski definition) is 5. The first-order valence-electron chi connectivity index (χ1n) is 10.5. The van der Waals surface area contributed by atoms with Crippen LogP contribution in [0.2, 0.25) is 0 Å². The number of nitrogens with zero attached hydrogens (tertiary/aromatic N) is 1. The van der Waals surface area contributed by atoms with Crippen molar-refractivity contribution >= 4 is 35.3 Å². The second-order valence-electron chi connectivity index (χ2n) is 7.45. The number of para-hydroxylation sites is 1. The number of amides is 3. The molecule has 0 bridgehead atoms. The summed E-state index contributed by atoms with van der Waals surface area (Å²) < 4.78 is 43.7. The summed E-state index contributed by atoms with van der Waals surface area (Å²) in [7, 11) is 0. The van der Waals surface area contributed by atoms with Crippen molar-refractivity contribution in [3.05, 3.63) is 89.5 Å². The highest BCUT2D eigenvalue weighted by Crippen LogP contribution is 2.30. The number of benzene rings is 3. The van der Waals surface area contributed by atoms with Gasteiger partial charge in [0.05, 0.1) is 11.8 Å². The van der Waals surface area contributed by atoms with Crippen LogP contribution in [0.1, 0.15) is 16.7 Å². The highest BCUT2D eigenvalue weighted by atomic mass is 19.4. The molecule has 0 unspecified atom stereocenters. The first kappa shape index (κ1) is 25.9. The van der Waals surface area contributed by atoms with Crippen LogP contribution in [0.4, 0.5) is 24.5 Å². The van der Waals surface area contributed by atoms with Crippen LogP contribution in [0.3, 0.4) is 0 Å². The van der Waals surface area contributed by atoms with Gasteiger partial charge in [-0.25, -0.2) is 5.43 Å². The van der Waals surface area contributed by atoms with Gasteiger partial charge in [0.2, 0.25) is 0 Å². The van der Waals surface area contributed by atoms with Crippen LogP contribution in [-0.2, 0) is 20.6 Å². The van der Waals surface area contributed by atoms with Crippen molar-refractivity contribution in [2.24, 2.45) is 5.10 Å². The summed E-state index contributed by atoms with van der Waals surface area (Å²) in [5.41, 5.74) is 3.02. The molecule has 186 valence electrons. The number of halogens is 3. The number of aryl methyl sites for hydroxylation is 1. The molecule has 3 rings (SSSR count). The van der Waals surface area contributed by atoms with E-state index >= 15 is 0 Å². The Labute approximate surface area is 204 Å². The summed E-state index contributed by atoms with van der Waals surface area (Å²) in [5.74, 6) is -2.24. The fraction of sp³-hybridized carbons (Fsp3) is 0.120. The minimum Gasteiger partial charge on any atom is -0.484 e. The molecule has 0 fully saturated rings. The molecule has 8 nitrogen and oxygen atoms in total. The lowest BCUT2D eigenvalue weighted by atomic mass is 10.2. The minimum absolute atomic E-state index is 0.183. The van der Waals surface area contributed by atoms with Gasteiger partial charge in [0.15, 0.2) is 6.61 Å². The quantitative estimate of drug-likeness (QED) is 0.259. The summed E-state index contributed by atoms with van der Waals surface area (Å²) in [6.07, 6.45) is -3.33. The van der Waals surface area contributed by atoms with Crippen LogP contribution >= 0.6 is 0 Å². The number of carbonyl (C=O) groups is 3. The van der Waals surface area contributed by atoms with Gasteiger partial charge in [0, 0.05) is 11.4 Å². The van der Waals surface area contributed by atoms with E-state index in [-0.39, 0.29) is 18.2 Å². The van der Waals surface area contributed by atoms with Crippen molar-refractivity contribution < 1.29 is 32.3 Å². The zero-order chi connectivity index (χ0) is 26.1. The number of ether oxygens (including phenoxy) is 1. The molecule has 0 aliphatic carbocycles. The van der Waals surface area contributed by atoms with E-state index in [1.54, 1.807) is 30.3 Å². The molecule has 3 amide bonds. The van der Waals surface area contributed by atoms with Gasteiger partial charge < -0.3 is 15.4 Å². The maximum Gasteiger partial charge on any atom is 0.416 e. The highest BCUT2D eigenvalue weighted by molar-refractivity contribution is 6.39. The van der Waals surface area contributed by atoms with Gasteiger partial charge >= 0.3 is 18.0 Å². The molecule has 0 radical (unpaired) electrons. The molecule has 0 spiro atoms. The Hall–Kier alpha value is -4.67. The van der Waals surface area contributed by atoms with Crippen LogP contribution in [0.5, 0.6) is 5.75 Å². The van der Waals surface area contributed by atoms with E-state index in [9.17, 15) is 27.6 Å². The van der Waals surface area contributed by atoms with E-state index in [1.165, 1.54) is 12.3 Å². The maximum absolute atomic E-state index is 12.8. The Bertz CT molecular complexity index is 1270. The average Bonchev–Trinajstić information content (AvgIpc) is 2.84. The highest BCUT2D eigenvalue weighted by Gasteiger charge is 2.30. The fourth-order valence-corrected chi connectivity index (χ4v) is 2.88. The van der Waals surface area contributed by atoms with Crippen molar-refractivity contribution in [1.29, 1.82) is 0 Å². The third-order valence-electron chi connectivity index (χ3n) is 4.70. The summed E-state index contributed by atoms with van der Waals surface area (Å²) in [4.78, 5) is 35.8. The van der Waals surface area contributed by atoms with Gasteiger partial charge in [-0.1, -0.05) is 24.3 Å². The van der Waals surface area contributed by atoms with Gasteiger partial charge in [-0.15, -0.1) is 0 Å². The van der Waals surface area contributed by atoms with E-state index in [0.29, 0.717) is 23.1 Å². The Kier molecular flexibility index (Phi) is 8.39. The molecule has 0 aliphatic rings. The topological polar surface area (TPSA) is 109 Å². The molecule has 3 aromatic rings. The number of anilines is 2. The molecule has 0 aliphatic heterocycles. The number of hydrazone groups is 1. The lowest BCUT2D eigenvalue weighted by molar-refractivity contribution is -0.137. The lowest BCUT2D eigenvalue weighted by Crippen LogP contribution is -2.32. The maximum atomic E-state index is 12.8. The van der Waals surface area contributed by atoms with Gasteiger partial charge in [-0.05, 0) is 66.6 Å². The molecular formula is C25H21F3N4O4. The Balaban J connectivity index is 1.45. The summed E-state index contributed by atoms with van der Waals surface area (Å²) >= 11 is 0. The van der Waals surface area contributed by atoms with E-state index in [1.807, 2.05) is 30.5 Å². The lowest BCUT2D eigenvalue weighted by Gasteiger charge is -2.09. The van der Waals surface area contributed by atoms with Crippen molar-refractivity contribution in [2.45, 2.75) is 13.1 Å². The average molecular weight is 498 g/mol. The second kappa shape index (κ2) is 11.6. The molecule has 0 aromatic heterocycles. The van der Waals surface area contributed by atoms with Crippen LogP contribution in [0.15, 0.2) is 77.9 Å². The van der Waals surface area contributed by atoms with Crippen molar-refractivity contribution in [1.82, 2.24) is 5.43 Å². The number of rotatable bonds is 7. The van der Waals surface area contributed by atoms with Crippen LogP contribution in [0.25, 0.3) is 0 Å². The molecule has 0 heterocycles. The Morgan fingerprint density at radius 2 is 1.64 bits per heavy atom. The van der Waals surface area contributed by atoms with Gasteiger partial charge in [-0.3, -0.25) is 14.4 Å². The monoisotopic (exact) mass is 498 g/mol. The third kappa shape index (κ3) is 7.69. The first-order chi connectivity index (χ1) is 17.1. The van der Waals surface area contributed by atoms with Crippen LogP contribution < -0.4 is 20.8 Å². The zero-order valence-electron chi connectivity index (χ0n) is 18.9. The predicted octanol–water partition coefficient (Wildman–Crippen LogP) is 4.12. The van der Waals surface area contributed by atoms with Gasteiger partial charge in [-0.2, -0.15) is 18.3 Å². The number of alkyl halides is 3. The molecule has 3 N–H and O–H groups in total. The summed E-state index contributed by atoms with van der Waals surface area (Å²) in [5, 5.41) is 8.48. The molecule has 0 saturated heterocycles. The normalized spacial score (nSPS) is 11.1. The van der Waals surface area contributed by atoms with Crippen LogP contribution in [-0.4, -0.2) is 30.5 Å². The first-order valence-corrected chi connectivity index (χ1v) is 10.5. The molecular weight excluding hydrogens is 477 g/mol. The largest absolute Gasteiger partial charge is 0.484 e. The van der Waals surface area contributed by atoms with E-state index in [2.05, 4.69) is 15.7 Å². The van der Waals surface area contributed by atoms with Gasteiger partial charge in [0.25, 0.3) is 5.91 Å². The number of carbonyl (C=O) groups excluding carboxylic acids is 3. The fourth-order valence-electron chi connectivity index (χ4n) is 2.88. The third-order valence-corrected chi connectivity index (χ3v) is 4.70. The Morgan fingerprint density at radius 1 is 0.917 bits per heavy atom. The Morgan fingerprint density at radius 3 is 2.33 bits per heavy atom. The van der Waals surface area contributed by atoms with Crippen molar-refractivity contribution in [2.75, 3.05) is 17.2 Å². The molecule has 11 heteroatoms. The molecule has 3 aromatic carbocycles. The minimum atomic E-state index is -4.58.